The first-order chi connectivity index (χ1) is 7.57. The third-order valence-electron chi connectivity index (χ3n) is 3.36. The van der Waals surface area contributed by atoms with Crippen LogP contribution in [0.1, 0.15) is 31.4 Å². The number of hydrogen-bond donors (Lipinski definition) is 1. The molecule has 1 aliphatic carbocycles. The van der Waals surface area contributed by atoms with Crippen LogP contribution >= 0.6 is 24.2 Å². The molecule has 3 rings (SSSR count). The molecule has 0 saturated heterocycles. The summed E-state index contributed by atoms with van der Waals surface area (Å²) >= 11 is 10.6. The van der Waals surface area contributed by atoms with Gasteiger partial charge in [0.05, 0.1) is 5.52 Å². The summed E-state index contributed by atoms with van der Waals surface area (Å²) in [5, 5.41) is 0.571. The van der Waals surface area contributed by atoms with E-state index in [1.54, 1.807) is 6.20 Å². The largest absolute Gasteiger partial charge is 0.316 e. The fraction of sp³-hybridized carbons (Fsp3) is 0.417. The van der Waals surface area contributed by atoms with E-state index in [-0.39, 0.29) is 4.75 Å². The molecule has 0 amide bonds. The summed E-state index contributed by atoms with van der Waals surface area (Å²) in [6, 6.07) is 4.19. The highest BCUT2D eigenvalue weighted by molar-refractivity contribution is 7.81. The molecule has 2 aromatic rings. The average molecular weight is 253 g/mol. The van der Waals surface area contributed by atoms with Crippen molar-refractivity contribution in [3.63, 3.8) is 0 Å². The molecule has 0 aromatic carbocycles. The molecule has 1 fully saturated rings. The molecule has 2 aromatic heterocycles. The third-order valence-corrected chi connectivity index (χ3v) is 4.01. The van der Waals surface area contributed by atoms with Crippen molar-refractivity contribution in [1.82, 2.24) is 9.38 Å². The number of aromatic nitrogens is 2. The molecule has 0 radical (unpaired) electrons. The van der Waals surface area contributed by atoms with Gasteiger partial charge in [0.15, 0.2) is 5.15 Å². The van der Waals surface area contributed by atoms with Crippen LogP contribution in [0.15, 0.2) is 24.5 Å². The molecular formula is C12H13ClN2S. The zero-order valence-electron chi connectivity index (χ0n) is 9.02. The number of hydrogen-bond acceptors (Lipinski definition) is 2. The van der Waals surface area contributed by atoms with Crippen LogP contribution in [-0.4, -0.2) is 14.1 Å². The summed E-state index contributed by atoms with van der Waals surface area (Å²) in [6.45, 7) is 2.19. The van der Waals surface area contributed by atoms with Crippen LogP contribution < -0.4 is 0 Å². The van der Waals surface area contributed by atoms with Crippen molar-refractivity contribution in [2.45, 2.75) is 30.4 Å². The lowest BCUT2D eigenvalue weighted by molar-refractivity contribution is 0.325. The van der Waals surface area contributed by atoms with Gasteiger partial charge in [-0.25, -0.2) is 4.98 Å². The highest BCUT2D eigenvalue weighted by atomic mass is 35.5. The topological polar surface area (TPSA) is 17.3 Å². The normalized spacial score (nSPS) is 29.3. The maximum atomic E-state index is 6.05. The molecule has 4 heteroatoms. The molecule has 1 aliphatic rings. The second-order valence-corrected chi connectivity index (χ2v) is 6.27. The summed E-state index contributed by atoms with van der Waals surface area (Å²) in [5.74, 6) is 0.600. The van der Waals surface area contributed by atoms with Crippen molar-refractivity contribution in [1.29, 1.82) is 0 Å². The van der Waals surface area contributed by atoms with Gasteiger partial charge in [0.1, 0.15) is 0 Å². The predicted octanol–water partition coefficient (Wildman–Crippen LogP) is 3.55. The molecule has 16 heavy (non-hydrogen) atoms. The average Bonchev–Trinajstić information content (AvgIpc) is 2.59. The first kappa shape index (κ1) is 10.5. The Morgan fingerprint density at radius 1 is 1.50 bits per heavy atom. The summed E-state index contributed by atoms with van der Waals surface area (Å²) in [6.07, 6.45) is 5.98. The van der Waals surface area contributed by atoms with Crippen LogP contribution in [0.2, 0.25) is 5.15 Å². The minimum atomic E-state index is 0.200. The lowest BCUT2D eigenvalue weighted by Gasteiger charge is -2.41. The molecule has 0 spiro atoms. The van der Waals surface area contributed by atoms with Gasteiger partial charge < -0.3 is 4.40 Å². The predicted molar refractivity (Wildman–Crippen MR) is 69.6 cm³/mol. The fourth-order valence-corrected chi connectivity index (χ4v) is 3.23. The molecule has 0 atom stereocenters. The van der Waals surface area contributed by atoms with E-state index >= 15 is 0 Å². The summed E-state index contributed by atoms with van der Waals surface area (Å²) in [4.78, 5) is 4.08. The van der Waals surface area contributed by atoms with Gasteiger partial charge in [0.25, 0.3) is 0 Å². The van der Waals surface area contributed by atoms with Gasteiger partial charge >= 0.3 is 0 Å². The Bertz CT molecular complexity index is 539. The Hall–Kier alpha value is -0.670. The van der Waals surface area contributed by atoms with Gasteiger partial charge in [0, 0.05) is 28.8 Å². The lowest BCUT2D eigenvalue weighted by Crippen LogP contribution is -2.34. The van der Waals surface area contributed by atoms with E-state index in [2.05, 4.69) is 35.0 Å². The first-order valence-electron chi connectivity index (χ1n) is 5.41. The Morgan fingerprint density at radius 3 is 2.94 bits per heavy atom. The maximum Gasteiger partial charge on any atom is 0.153 e. The van der Waals surface area contributed by atoms with Crippen LogP contribution in [0.4, 0.5) is 0 Å². The molecule has 84 valence electrons. The summed E-state index contributed by atoms with van der Waals surface area (Å²) in [7, 11) is 0. The van der Waals surface area contributed by atoms with Crippen molar-refractivity contribution in [3.8, 4) is 0 Å². The van der Waals surface area contributed by atoms with Gasteiger partial charge in [-0.3, -0.25) is 0 Å². The Morgan fingerprint density at radius 2 is 2.25 bits per heavy atom. The summed E-state index contributed by atoms with van der Waals surface area (Å²) < 4.78 is 2.34. The van der Waals surface area contributed by atoms with Gasteiger partial charge in [0.2, 0.25) is 0 Å². The zero-order chi connectivity index (χ0) is 11.3. The molecule has 1 saturated carbocycles. The fourth-order valence-electron chi connectivity index (χ4n) is 2.57. The van der Waals surface area contributed by atoms with Crippen molar-refractivity contribution < 1.29 is 0 Å². The van der Waals surface area contributed by atoms with Crippen molar-refractivity contribution in [3.05, 3.63) is 35.4 Å². The molecule has 0 bridgehead atoms. The van der Waals surface area contributed by atoms with Gasteiger partial charge in [-0.1, -0.05) is 18.5 Å². The Balaban J connectivity index is 2.03. The highest BCUT2D eigenvalue weighted by Crippen LogP contribution is 2.48. The van der Waals surface area contributed by atoms with Crippen molar-refractivity contribution >= 4 is 29.7 Å². The van der Waals surface area contributed by atoms with E-state index in [9.17, 15) is 0 Å². The van der Waals surface area contributed by atoms with Crippen LogP contribution in [0.3, 0.4) is 0 Å². The van der Waals surface area contributed by atoms with Gasteiger partial charge in [-0.05, 0) is 25.0 Å². The Kier molecular flexibility index (Phi) is 2.23. The second-order valence-electron chi connectivity index (χ2n) is 4.83. The quantitative estimate of drug-likeness (QED) is 0.769. The van der Waals surface area contributed by atoms with Crippen LogP contribution in [-0.2, 0) is 0 Å². The third kappa shape index (κ3) is 1.54. The zero-order valence-corrected chi connectivity index (χ0v) is 10.7. The van der Waals surface area contributed by atoms with E-state index in [0.29, 0.717) is 11.1 Å². The molecule has 2 heterocycles. The summed E-state index contributed by atoms with van der Waals surface area (Å²) in [5.41, 5.74) is 2.32. The Labute approximate surface area is 105 Å². The van der Waals surface area contributed by atoms with Gasteiger partial charge in [-0.2, -0.15) is 12.6 Å². The first-order valence-corrected chi connectivity index (χ1v) is 6.23. The van der Waals surface area contributed by atoms with E-state index < -0.39 is 0 Å². The lowest BCUT2D eigenvalue weighted by atomic mass is 9.73. The molecule has 0 N–H and O–H groups in total. The monoisotopic (exact) mass is 252 g/mol. The number of nitrogens with zero attached hydrogens (tertiary/aromatic N) is 2. The van der Waals surface area contributed by atoms with Crippen molar-refractivity contribution in [2.75, 3.05) is 0 Å². The number of rotatable bonds is 1. The van der Waals surface area contributed by atoms with E-state index in [4.69, 9.17) is 11.6 Å². The van der Waals surface area contributed by atoms with Gasteiger partial charge in [-0.15, -0.1) is 0 Å². The maximum absolute atomic E-state index is 6.05. The minimum absolute atomic E-state index is 0.200. The number of halogens is 1. The molecule has 2 nitrogen and oxygen atoms in total. The standard InChI is InChI=1S/C12H13ClN2S/c1-12(16)6-8(7-12)9-2-3-10-11(13)14-4-5-15(9)10/h2-5,8,16H,6-7H2,1H3. The van der Waals surface area contributed by atoms with E-state index in [1.165, 1.54) is 5.69 Å². The molecule has 0 unspecified atom stereocenters. The SMILES string of the molecule is CC1(S)CC(c2ccc3c(Cl)nccn23)C1. The number of fused-ring (bicyclic) bond motifs is 1. The van der Waals surface area contributed by atoms with Crippen LogP contribution in [0, 0.1) is 0 Å². The van der Waals surface area contributed by atoms with Crippen LogP contribution in [0.25, 0.3) is 5.52 Å². The van der Waals surface area contributed by atoms with E-state index in [0.717, 1.165) is 18.4 Å². The molecule has 0 aliphatic heterocycles. The van der Waals surface area contributed by atoms with E-state index in [1.807, 2.05) is 12.3 Å². The van der Waals surface area contributed by atoms with Crippen molar-refractivity contribution in [2.24, 2.45) is 0 Å². The van der Waals surface area contributed by atoms with Crippen LogP contribution in [0.5, 0.6) is 0 Å². The molecular weight excluding hydrogens is 240 g/mol. The minimum Gasteiger partial charge on any atom is -0.316 e. The smallest absolute Gasteiger partial charge is 0.153 e. The highest BCUT2D eigenvalue weighted by Gasteiger charge is 2.39. The number of thiol groups is 1. The second kappa shape index (κ2) is 3.41.